The van der Waals surface area contributed by atoms with Crippen molar-refractivity contribution in [3.63, 3.8) is 0 Å². The highest BCUT2D eigenvalue weighted by Gasteiger charge is 2.29. The number of piperidine rings is 1. The number of benzene rings is 1. The van der Waals surface area contributed by atoms with E-state index in [0.717, 1.165) is 23.5 Å². The number of hydrogen-bond donors (Lipinski definition) is 1. The monoisotopic (exact) mass is 455 g/mol. The zero-order valence-electron chi connectivity index (χ0n) is 18.2. The molecule has 4 rings (SSSR count). The summed E-state index contributed by atoms with van der Waals surface area (Å²) in [6, 6.07) is 7.21. The zero-order valence-corrected chi connectivity index (χ0v) is 19.0. The Hall–Kier alpha value is -3.34. The first-order valence-electron chi connectivity index (χ1n) is 10.4. The van der Waals surface area contributed by atoms with E-state index in [1.165, 1.54) is 22.3 Å². The van der Waals surface area contributed by atoms with E-state index in [2.05, 4.69) is 25.8 Å². The maximum atomic E-state index is 12.6. The van der Waals surface area contributed by atoms with E-state index >= 15 is 0 Å². The normalized spacial score (nSPS) is 14.9. The summed E-state index contributed by atoms with van der Waals surface area (Å²) in [4.78, 5) is 31.2. The van der Waals surface area contributed by atoms with E-state index in [1.807, 2.05) is 32.9 Å². The van der Waals surface area contributed by atoms with Crippen LogP contribution in [0.1, 0.15) is 55.0 Å². The number of aromatic nitrogens is 5. The molecular formula is C21H25N7O3S. The Morgan fingerprint density at radius 1 is 1.16 bits per heavy atom. The number of hydrogen-bond acceptors (Lipinski definition) is 8. The lowest BCUT2D eigenvalue weighted by Crippen LogP contribution is -2.41. The average molecular weight is 456 g/mol. The quantitative estimate of drug-likeness (QED) is 0.640. The third kappa shape index (κ3) is 5.28. The fourth-order valence-electron chi connectivity index (χ4n) is 3.39. The number of nitrogens with zero attached hydrogens (tertiary/aromatic N) is 6. The van der Waals surface area contributed by atoms with Crippen molar-refractivity contribution in [2.75, 3.05) is 18.4 Å². The molecule has 0 unspecified atom stereocenters. The maximum absolute atomic E-state index is 12.6. The zero-order chi connectivity index (χ0) is 22.7. The lowest BCUT2D eigenvalue weighted by atomic mass is 9.98. The predicted octanol–water partition coefficient (Wildman–Crippen LogP) is 3.49. The van der Waals surface area contributed by atoms with Crippen molar-refractivity contribution >= 4 is 29.0 Å². The molecule has 0 bridgehead atoms. The van der Waals surface area contributed by atoms with E-state index in [4.69, 9.17) is 4.74 Å². The average Bonchev–Trinajstić information content (AvgIpc) is 3.46. The van der Waals surface area contributed by atoms with Crippen molar-refractivity contribution in [3.8, 4) is 5.69 Å². The van der Waals surface area contributed by atoms with Gasteiger partial charge in [-0.3, -0.25) is 4.79 Å². The number of rotatable bonds is 4. The minimum absolute atomic E-state index is 0.232. The second-order valence-electron chi connectivity index (χ2n) is 8.57. The van der Waals surface area contributed by atoms with Gasteiger partial charge in [0.2, 0.25) is 0 Å². The molecule has 1 N–H and O–H groups in total. The molecule has 2 amide bonds. The molecule has 168 valence electrons. The van der Waals surface area contributed by atoms with E-state index in [0.29, 0.717) is 24.5 Å². The van der Waals surface area contributed by atoms with Gasteiger partial charge in [0, 0.05) is 30.1 Å². The molecule has 1 saturated heterocycles. The summed E-state index contributed by atoms with van der Waals surface area (Å²) in [5.74, 6) is -0.0235. The molecule has 0 atom stereocenters. The number of tetrazole rings is 1. The minimum atomic E-state index is -0.501. The smallest absolute Gasteiger partial charge is 0.410 e. The van der Waals surface area contributed by atoms with Gasteiger partial charge in [-0.05, 0) is 68.3 Å². The van der Waals surface area contributed by atoms with Crippen LogP contribution in [0.5, 0.6) is 0 Å². The van der Waals surface area contributed by atoms with Crippen molar-refractivity contribution in [1.82, 2.24) is 30.1 Å². The second kappa shape index (κ2) is 9.03. The summed E-state index contributed by atoms with van der Waals surface area (Å²) in [6.45, 7) is 6.83. The maximum Gasteiger partial charge on any atom is 0.410 e. The number of carbonyl (C=O) groups excluding carboxylic acids is 2. The summed E-state index contributed by atoms with van der Waals surface area (Å²) in [5, 5.41) is 16.6. The van der Waals surface area contributed by atoms with Crippen molar-refractivity contribution in [2.45, 2.75) is 45.1 Å². The highest BCUT2D eigenvalue weighted by Crippen LogP contribution is 2.31. The molecule has 0 spiro atoms. The van der Waals surface area contributed by atoms with Gasteiger partial charge in [-0.2, -0.15) is 0 Å². The van der Waals surface area contributed by atoms with Crippen LogP contribution in [0.3, 0.4) is 0 Å². The summed E-state index contributed by atoms with van der Waals surface area (Å²) < 4.78 is 6.98. The Labute approximate surface area is 189 Å². The Bertz CT molecular complexity index is 1070. The van der Waals surface area contributed by atoms with Gasteiger partial charge in [0.25, 0.3) is 5.91 Å². The highest BCUT2D eigenvalue weighted by atomic mass is 32.1. The molecule has 3 aromatic rings. The number of carbonyl (C=O) groups is 2. The molecule has 10 nitrogen and oxygen atoms in total. The molecule has 0 saturated carbocycles. The Morgan fingerprint density at radius 2 is 1.88 bits per heavy atom. The van der Waals surface area contributed by atoms with Gasteiger partial charge in [-0.25, -0.2) is 14.5 Å². The van der Waals surface area contributed by atoms with Crippen LogP contribution in [0.25, 0.3) is 5.69 Å². The van der Waals surface area contributed by atoms with Gasteiger partial charge in [0.05, 0.1) is 10.7 Å². The molecule has 3 heterocycles. The number of anilines is 1. The summed E-state index contributed by atoms with van der Waals surface area (Å²) in [5.41, 5.74) is 1.34. The molecule has 1 aliphatic heterocycles. The summed E-state index contributed by atoms with van der Waals surface area (Å²) in [6.07, 6.45) is 2.82. The number of ether oxygens (including phenoxy) is 1. The van der Waals surface area contributed by atoms with E-state index in [-0.39, 0.29) is 17.9 Å². The SMILES string of the molecule is CC(C)(C)OC(=O)N1CCC(c2nc(C(=O)Nc3ccc(-n4cnnn4)cc3)cs2)CC1. The summed E-state index contributed by atoms with van der Waals surface area (Å²) >= 11 is 1.48. The van der Waals surface area contributed by atoms with Crippen molar-refractivity contribution < 1.29 is 14.3 Å². The van der Waals surface area contributed by atoms with Crippen LogP contribution in [-0.4, -0.2) is 60.8 Å². The predicted molar refractivity (Wildman–Crippen MR) is 119 cm³/mol. The van der Waals surface area contributed by atoms with Crippen molar-refractivity contribution in [3.05, 3.63) is 46.7 Å². The van der Waals surface area contributed by atoms with Gasteiger partial charge in [0.1, 0.15) is 17.6 Å². The van der Waals surface area contributed by atoms with Crippen LogP contribution in [0.4, 0.5) is 10.5 Å². The Kier molecular flexibility index (Phi) is 6.17. The summed E-state index contributed by atoms with van der Waals surface area (Å²) in [7, 11) is 0. The first kappa shape index (κ1) is 21.9. The van der Waals surface area contributed by atoms with Crippen LogP contribution in [-0.2, 0) is 4.74 Å². The molecule has 0 aliphatic carbocycles. The lowest BCUT2D eigenvalue weighted by molar-refractivity contribution is 0.0204. The van der Waals surface area contributed by atoms with Crippen molar-refractivity contribution in [2.24, 2.45) is 0 Å². The fourth-order valence-corrected chi connectivity index (χ4v) is 4.36. The van der Waals surface area contributed by atoms with Gasteiger partial charge in [-0.15, -0.1) is 16.4 Å². The van der Waals surface area contributed by atoms with E-state index < -0.39 is 5.60 Å². The fraction of sp³-hybridized carbons (Fsp3) is 0.429. The molecule has 1 aliphatic rings. The molecule has 11 heteroatoms. The topological polar surface area (TPSA) is 115 Å². The number of thiazole rings is 1. The van der Waals surface area contributed by atoms with Gasteiger partial charge in [0.15, 0.2) is 0 Å². The molecule has 1 fully saturated rings. The van der Waals surface area contributed by atoms with Crippen LogP contribution < -0.4 is 5.32 Å². The second-order valence-corrected chi connectivity index (χ2v) is 9.46. The number of amides is 2. The molecule has 2 aromatic heterocycles. The Morgan fingerprint density at radius 3 is 2.50 bits per heavy atom. The van der Waals surface area contributed by atoms with Gasteiger partial charge < -0.3 is 15.0 Å². The van der Waals surface area contributed by atoms with Crippen molar-refractivity contribution in [1.29, 1.82) is 0 Å². The minimum Gasteiger partial charge on any atom is -0.444 e. The number of likely N-dealkylation sites (tertiary alicyclic amines) is 1. The van der Waals surface area contributed by atoms with Crippen LogP contribution in [0.2, 0.25) is 0 Å². The Balaban J connectivity index is 1.32. The van der Waals surface area contributed by atoms with Gasteiger partial charge >= 0.3 is 6.09 Å². The third-order valence-corrected chi connectivity index (χ3v) is 6.00. The lowest BCUT2D eigenvalue weighted by Gasteiger charge is -2.32. The molecule has 1 aromatic carbocycles. The van der Waals surface area contributed by atoms with Crippen LogP contribution in [0.15, 0.2) is 36.0 Å². The molecule has 32 heavy (non-hydrogen) atoms. The van der Waals surface area contributed by atoms with E-state index in [1.54, 1.807) is 22.4 Å². The number of nitrogens with one attached hydrogen (secondary N) is 1. The van der Waals surface area contributed by atoms with Crippen LogP contribution >= 0.6 is 11.3 Å². The standard InChI is InChI=1S/C21H25N7O3S/c1-21(2,3)31-20(30)27-10-8-14(9-11-27)19-24-17(12-32-19)18(29)23-15-4-6-16(7-5-15)28-13-22-25-26-28/h4-7,12-14H,8-11H2,1-3H3,(H,23,29). The first-order chi connectivity index (χ1) is 15.3. The first-order valence-corrected chi connectivity index (χ1v) is 11.2. The highest BCUT2D eigenvalue weighted by molar-refractivity contribution is 7.10. The third-order valence-electron chi connectivity index (χ3n) is 4.99. The molecule has 0 radical (unpaired) electrons. The van der Waals surface area contributed by atoms with Gasteiger partial charge in [-0.1, -0.05) is 0 Å². The van der Waals surface area contributed by atoms with E-state index in [9.17, 15) is 9.59 Å². The van der Waals surface area contributed by atoms with Crippen LogP contribution in [0, 0.1) is 0 Å². The molecular weight excluding hydrogens is 430 g/mol. The largest absolute Gasteiger partial charge is 0.444 e.